The fraction of sp³-hybridized carbons (Fsp3) is 0.0870. The first-order valence-corrected chi connectivity index (χ1v) is 10.8. The van der Waals surface area contributed by atoms with Crippen molar-refractivity contribution in [1.82, 2.24) is 9.29 Å². The van der Waals surface area contributed by atoms with Crippen molar-refractivity contribution in [3.8, 4) is 22.3 Å². The fourth-order valence-electron chi connectivity index (χ4n) is 3.48. The SMILES string of the molecule is CN(C)S(=O)(=O)c1ccc(-c2c[nH]c3c(C(N)=O)cc(-c4ccccc4)cc23)cc1. The van der Waals surface area contributed by atoms with Gasteiger partial charge in [-0.25, -0.2) is 12.7 Å². The highest BCUT2D eigenvalue weighted by atomic mass is 32.2. The summed E-state index contributed by atoms with van der Waals surface area (Å²) in [5.74, 6) is -0.515. The maximum Gasteiger partial charge on any atom is 0.250 e. The number of carbonyl (C=O) groups excluding carboxylic acids is 1. The average Bonchev–Trinajstić information content (AvgIpc) is 3.17. The Labute approximate surface area is 175 Å². The number of aromatic nitrogens is 1. The van der Waals surface area contributed by atoms with Gasteiger partial charge in [0.25, 0.3) is 5.91 Å². The molecule has 4 aromatic rings. The number of nitrogens with zero attached hydrogens (tertiary/aromatic N) is 1. The minimum atomic E-state index is -3.50. The lowest BCUT2D eigenvalue weighted by molar-refractivity contribution is 0.100. The molecule has 0 aliphatic heterocycles. The number of carbonyl (C=O) groups is 1. The number of sulfonamides is 1. The summed E-state index contributed by atoms with van der Waals surface area (Å²) in [6, 6.07) is 20.2. The molecule has 1 amide bonds. The summed E-state index contributed by atoms with van der Waals surface area (Å²) >= 11 is 0. The van der Waals surface area contributed by atoms with Crippen LogP contribution in [0.2, 0.25) is 0 Å². The number of rotatable bonds is 5. The molecule has 30 heavy (non-hydrogen) atoms. The van der Waals surface area contributed by atoms with Crippen LogP contribution < -0.4 is 5.73 Å². The Balaban J connectivity index is 1.88. The predicted molar refractivity (Wildman–Crippen MR) is 119 cm³/mol. The Morgan fingerprint density at radius 1 is 0.900 bits per heavy atom. The lowest BCUT2D eigenvalue weighted by Gasteiger charge is -2.11. The first-order chi connectivity index (χ1) is 14.3. The highest BCUT2D eigenvalue weighted by Crippen LogP contribution is 2.34. The van der Waals surface area contributed by atoms with Crippen LogP contribution in [0.5, 0.6) is 0 Å². The van der Waals surface area contributed by atoms with Gasteiger partial charge in [-0.15, -0.1) is 0 Å². The normalized spacial score (nSPS) is 11.8. The van der Waals surface area contributed by atoms with Crippen LogP contribution in [0.25, 0.3) is 33.2 Å². The van der Waals surface area contributed by atoms with Crippen LogP contribution in [0.1, 0.15) is 10.4 Å². The van der Waals surface area contributed by atoms with Crippen molar-refractivity contribution in [2.24, 2.45) is 5.73 Å². The van der Waals surface area contributed by atoms with Crippen molar-refractivity contribution in [1.29, 1.82) is 0 Å². The van der Waals surface area contributed by atoms with Gasteiger partial charge in [-0.1, -0.05) is 42.5 Å². The van der Waals surface area contributed by atoms with E-state index in [1.165, 1.54) is 18.4 Å². The third kappa shape index (κ3) is 3.38. The van der Waals surface area contributed by atoms with E-state index in [4.69, 9.17) is 5.73 Å². The fourth-order valence-corrected chi connectivity index (χ4v) is 4.38. The highest BCUT2D eigenvalue weighted by molar-refractivity contribution is 7.89. The molecule has 0 unspecified atom stereocenters. The zero-order valence-corrected chi connectivity index (χ0v) is 17.4. The number of aromatic amines is 1. The van der Waals surface area contributed by atoms with Gasteiger partial charge in [-0.2, -0.15) is 0 Å². The molecule has 1 aromatic heterocycles. The summed E-state index contributed by atoms with van der Waals surface area (Å²) in [6.45, 7) is 0. The van der Waals surface area contributed by atoms with Crippen LogP contribution in [0.15, 0.2) is 77.8 Å². The molecule has 0 aliphatic carbocycles. The second-order valence-corrected chi connectivity index (χ2v) is 9.34. The minimum absolute atomic E-state index is 0.221. The Morgan fingerprint density at radius 2 is 1.57 bits per heavy atom. The summed E-state index contributed by atoms with van der Waals surface area (Å²) in [7, 11) is -0.503. The number of fused-ring (bicyclic) bond motifs is 1. The standard InChI is InChI=1S/C23H21N3O3S/c1-26(2)30(28,29)18-10-8-16(9-11-18)21-14-25-22-19(21)12-17(13-20(22)23(24)27)15-6-4-3-5-7-15/h3-14,25H,1-2H3,(H2,24,27). The molecule has 0 radical (unpaired) electrons. The molecule has 0 saturated carbocycles. The van der Waals surface area contributed by atoms with E-state index in [1.807, 2.05) is 36.4 Å². The molecule has 0 bridgehead atoms. The molecule has 0 saturated heterocycles. The largest absolute Gasteiger partial charge is 0.366 e. The number of nitrogens with one attached hydrogen (secondary N) is 1. The second-order valence-electron chi connectivity index (χ2n) is 7.19. The molecular formula is C23H21N3O3S. The molecule has 0 aliphatic rings. The number of hydrogen-bond donors (Lipinski definition) is 2. The third-order valence-electron chi connectivity index (χ3n) is 5.11. The lowest BCUT2D eigenvalue weighted by atomic mass is 9.97. The Morgan fingerprint density at radius 3 is 2.17 bits per heavy atom. The van der Waals surface area contributed by atoms with E-state index < -0.39 is 15.9 Å². The Hall–Kier alpha value is -3.42. The maximum absolute atomic E-state index is 12.3. The van der Waals surface area contributed by atoms with Crippen molar-refractivity contribution in [2.75, 3.05) is 14.1 Å². The monoisotopic (exact) mass is 419 g/mol. The Kier molecular flexibility index (Phi) is 4.93. The van der Waals surface area contributed by atoms with Crippen LogP contribution in [-0.4, -0.2) is 37.7 Å². The molecule has 152 valence electrons. The van der Waals surface area contributed by atoms with Gasteiger partial charge in [0, 0.05) is 31.2 Å². The molecule has 7 heteroatoms. The van der Waals surface area contributed by atoms with Crippen molar-refractivity contribution in [3.63, 3.8) is 0 Å². The number of nitrogens with two attached hydrogens (primary N) is 1. The van der Waals surface area contributed by atoms with E-state index in [2.05, 4.69) is 4.98 Å². The van der Waals surface area contributed by atoms with E-state index in [0.29, 0.717) is 11.1 Å². The highest BCUT2D eigenvalue weighted by Gasteiger charge is 2.18. The zero-order valence-electron chi connectivity index (χ0n) is 16.6. The van der Waals surface area contributed by atoms with Crippen LogP contribution in [0.3, 0.4) is 0 Å². The Bertz CT molecular complexity index is 1340. The molecule has 1 heterocycles. The number of amides is 1. The first kappa shape index (κ1) is 19.9. The van der Waals surface area contributed by atoms with E-state index in [1.54, 1.807) is 36.5 Å². The second kappa shape index (κ2) is 7.44. The van der Waals surface area contributed by atoms with Gasteiger partial charge in [-0.05, 0) is 41.0 Å². The van der Waals surface area contributed by atoms with E-state index in [9.17, 15) is 13.2 Å². The van der Waals surface area contributed by atoms with Gasteiger partial charge < -0.3 is 10.7 Å². The van der Waals surface area contributed by atoms with Gasteiger partial charge >= 0.3 is 0 Å². The van der Waals surface area contributed by atoms with Crippen LogP contribution >= 0.6 is 0 Å². The summed E-state index contributed by atoms with van der Waals surface area (Å²) in [5, 5.41) is 0.841. The van der Waals surface area contributed by atoms with E-state index in [0.717, 1.165) is 27.6 Å². The number of H-pyrrole nitrogens is 1. The molecule has 0 spiro atoms. The van der Waals surface area contributed by atoms with Crippen molar-refractivity contribution >= 4 is 26.8 Å². The number of primary amides is 1. The zero-order chi connectivity index (χ0) is 21.5. The quantitative estimate of drug-likeness (QED) is 0.514. The summed E-state index contributed by atoms with van der Waals surface area (Å²) < 4.78 is 25.8. The van der Waals surface area contributed by atoms with Crippen LogP contribution in [0, 0.1) is 0 Å². The average molecular weight is 420 g/mol. The molecule has 6 nitrogen and oxygen atoms in total. The summed E-state index contributed by atoms with van der Waals surface area (Å²) in [4.78, 5) is 15.5. The van der Waals surface area contributed by atoms with Crippen molar-refractivity contribution < 1.29 is 13.2 Å². The number of hydrogen-bond acceptors (Lipinski definition) is 3. The van der Waals surface area contributed by atoms with Gasteiger partial charge in [0.2, 0.25) is 10.0 Å². The summed E-state index contributed by atoms with van der Waals surface area (Å²) in [6.07, 6.45) is 1.81. The lowest BCUT2D eigenvalue weighted by Crippen LogP contribution is -2.22. The maximum atomic E-state index is 12.3. The van der Waals surface area contributed by atoms with Crippen LogP contribution in [-0.2, 0) is 10.0 Å². The van der Waals surface area contributed by atoms with Gasteiger partial charge in [0.1, 0.15) is 0 Å². The molecular weight excluding hydrogens is 398 g/mol. The van der Waals surface area contributed by atoms with E-state index >= 15 is 0 Å². The minimum Gasteiger partial charge on any atom is -0.366 e. The van der Waals surface area contributed by atoms with Crippen LogP contribution in [0.4, 0.5) is 0 Å². The predicted octanol–water partition coefficient (Wildman–Crippen LogP) is 3.85. The van der Waals surface area contributed by atoms with Crippen molar-refractivity contribution in [3.05, 3.63) is 78.5 Å². The van der Waals surface area contributed by atoms with E-state index in [-0.39, 0.29) is 4.90 Å². The molecule has 3 N–H and O–H groups in total. The summed E-state index contributed by atoms with van der Waals surface area (Å²) in [5.41, 5.74) is 10.2. The first-order valence-electron chi connectivity index (χ1n) is 9.32. The molecule has 0 fully saturated rings. The molecule has 3 aromatic carbocycles. The van der Waals surface area contributed by atoms with Gasteiger partial charge in [0.05, 0.1) is 16.0 Å². The third-order valence-corrected chi connectivity index (χ3v) is 6.94. The topological polar surface area (TPSA) is 96.3 Å². The van der Waals surface area contributed by atoms with Gasteiger partial charge in [-0.3, -0.25) is 4.79 Å². The molecule has 4 rings (SSSR count). The van der Waals surface area contributed by atoms with Crippen molar-refractivity contribution in [2.45, 2.75) is 4.90 Å². The molecule has 0 atom stereocenters. The smallest absolute Gasteiger partial charge is 0.250 e. The van der Waals surface area contributed by atoms with Gasteiger partial charge in [0.15, 0.2) is 0 Å². The number of benzene rings is 3.